The lowest BCUT2D eigenvalue weighted by Gasteiger charge is -2.28. The van der Waals surface area contributed by atoms with Crippen LogP contribution in [0.4, 0.5) is 0 Å². The van der Waals surface area contributed by atoms with E-state index in [2.05, 4.69) is 16.0 Å². The molecule has 0 aliphatic carbocycles. The second-order valence-electron chi connectivity index (χ2n) is 8.42. The third-order valence-electron chi connectivity index (χ3n) is 6.71. The molecule has 9 nitrogen and oxygen atoms in total. The highest BCUT2D eigenvalue weighted by Crippen LogP contribution is 2.35. The molecule has 1 aromatic rings. The lowest BCUT2D eigenvalue weighted by atomic mass is 9.91. The minimum atomic E-state index is -0.952. The lowest BCUT2D eigenvalue weighted by Crippen LogP contribution is -2.54. The topological polar surface area (TPSA) is 117 Å². The summed E-state index contributed by atoms with van der Waals surface area (Å²) >= 11 is 0. The fourth-order valence-electron chi connectivity index (χ4n) is 5.13. The Bertz CT molecular complexity index is 935. The van der Waals surface area contributed by atoms with E-state index in [1.807, 2.05) is 6.07 Å². The number of fused-ring (bicyclic) bond motifs is 2. The van der Waals surface area contributed by atoms with Crippen molar-refractivity contribution in [2.75, 3.05) is 26.2 Å². The quantitative estimate of drug-likeness (QED) is 0.561. The summed E-state index contributed by atoms with van der Waals surface area (Å²) in [4.78, 5) is 50.7. The first-order chi connectivity index (χ1) is 14.5. The number of benzene rings is 1. The van der Waals surface area contributed by atoms with Crippen LogP contribution in [-0.2, 0) is 20.9 Å². The molecular formula is C21H24N4O5. The van der Waals surface area contributed by atoms with Crippen LogP contribution in [0.5, 0.6) is 0 Å². The van der Waals surface area contributed by atoms with Gasteiger partial charge in [0.2, 0.25) is 11.8 Å². The fourth-order valence-corrected chi connectivity index (χ4v) is 5.13. The Balaban J connectivity index is 1.33. The lowest BCUT2D eigenvalue weighted by molar-refractivity contribution is -0.136. The number of carbonyl (C=O) groups excluding carboxylic acids is 4. The smallest absolute Gasteiger partial charge is 0.262 e. The Morgan fingerprint density at radius 1 is 1.17 bits per heavy atom. The molecule has 0 aromatic heterocycles. The van der Waals surface area contributed by atoms with E-state index in [0.717, 1.165) is 36.6 Å². The van der Waals surface area contributed by atoms with E-state index >= 15 is 0 Å². The number of hydrogen-bond donors (Lipinski definition) is 3. The molecular weight excluding hydrogens is 388 g/mol. The van der Waals surface area contributed by atoms with Crippen LogP contribution in [0.15, 0.2) is 18.2 Å². The minimum absolute atomic E-state index is 0.107. The monoisotopic (exact) mass is 412 g/mol. The van der Waals surface area contributed by atoms with Gasteiger partial charge in [-0.3, -0.25) is 29.4 Å². The van der Waals surface area contributed by atoms with Gasteiger partial charge in [-0.2, -0.15) is 0 Å². The molecule has 0 spiro atoms. The van der Waals surface area contributed by atoms with Crippen molar-refractivity contribution in [3.63, 3.8) is 0 Å². The largest absolute Gasteiger partial charge is 0.372 e. The van der Waals surface area contributed by atoms with Crippen molar-refractivity contribution >= 4 is 23.6 Å². The number of hydrogen-bond acceptors (Lipinski definition) is 7. The summed E-state index contributed by atoms with van der Waals surface area (Å²) in [5, 5.41) is 9.01. The number of ether oxygens (including phenoxy) is 1. The van der Waals surface area contributed by atoms with Crippen molar-refractivity contribution in [2.24, 2.45) is 5.92 Å². The van der Waals surface area contributed by atoms with Gasteiger partial charge in [-0.25, -0.2) is 0 Å². The van der Waals surface area contributed by atoms with Crippen molar-refractivity contribution in [3.05, 3.63) is 34.9 Å². The molecule has 0 bridgehead atoms. The zero-order valence-corrected chi connectivity index (χ0v) is 16.5. The summed E-state index contributed by atoms with van der Waals surface area (Å²) in [5.74, 6) is -1.46. The Kier molecular flexibility index (Phi) is 4.68. The number of amides is 4. The van der Waals surface area contributed by atoms with Gasteiger partial charge >= 0.3 is 0 Å². The third kappa shape index (κ3) is 2.96. The fraction of sp³-hybridized carbons (Fsp3) is 0.524. The van der Waals surface area contributed by atoms with Crippen LogP contribution in [0.3, 0.4) is 0 Å². The summed E-state index contributed by atoms with van der Waals surface area (Å²) in [6.07, 6.45) is 1.30. The van der Waals surface area contributed by atoms with Crippen LogP contribution in [0.25, 0.3) is 0 Å². The highest BCUT2D eigenvalue weighted by atomic mass is 16.5. The molecule has 1 unspecified atom stereocenters. The highest BCUT2D eigenvalue weighted by Gasteiger charge is 2.48. The Labute approximate surface area is 173 Å². The first kappa shape index (κ1) is 19.3. The maximum Gasteiger partial charge on any atom is 0.262 e. The summed E-state index contributed by atoms with van der Waals surface area (Å²) in [5.41, 5.74) is 1.15. The van der Waals surface area contributed by atoms with Crippen molar-refractivity contribution in [3.8, 4) is 0 Å². The van der Waals surface area contributed by atoms with Crippen LogP contribution >= 0.6 is 0 Å². The van der Waals surface area contributed by atoms with Gasteiger partial charge in [0.05, 0.1) is 16.7 Å². The first-order valence-electron chi connectivity index (χ1n) is 10.4. The summed E-state index contributed by atoms with van der Waals surface area (Å²) in [7, 11) is 0. The maximum absolute atomic E-state index is 13.1. The van der Waals surface area contributed by atoms with Crippen LogP contribution in [0.2, 0.25) is 0 Å². The zero-order valence-electron chi connectivity index (χ0n) is 16.5. The van der Waals surface area contributed by atoms with Gasteiger partial charge < -0.3 is 15.4 Å². The first-order valence-corrected chi connectivity index (χ1v) is 10.4. The van der Waals surface area contributed by atoms with E-state index in [0.29, 0.717) is 30.1 Å². The van der Waals surface area contributed by atoms with Gasteiger partial charge in [-0.1, -0.05) is 12.1 Å². The second-order valence-corrected chi connectivity index (χ2v) is 8.42. The number of nitrogens with zero attached hydrogens (tertiary/aromatic N) is 1. The van der Waals surface area contributed by atoms with E-state index in [9.17, 15) is 19.2 Å². The number of piperidine rings is 1. The van der Waals surface area contributed by atoms with Gasteiger partial charge in [0.1, 0.15) is 6.04 Å². The van der Waals surface area contributed by atoms with Gasteiger partial charge in [0.25, 0.3) is 11.8 Å². The van der Waals surface area contributed by atoms with Crippen LogP contribution in [0, 0.1) is 5.92 Å². The van der Waals surface area contributed by atoms with Crippen molar-refractivity contribution in [2.45, 2.75) is 37.5 Å². The van der Waals surface area contributed by atoms with Gasteiger partial charge in [-0.15, -0.1) is 0 Å². The average Bonchev–Trinajstić information content (AvgIpc) is 3.35. The number of rotatable bonds is 5. The highest BCUT2D eigenvalue weighted by molar-refractivity contribution is 6.24. The summed E-state index contributed by atoms with van der Waals surface area (Å²) < 4.78 is 6.02. The number of imide groups is 2. The summed E-state index contributed by atoms with van der Waals surface area (Å²) in [6.45, 7) is 3.60. The molecule has 3 N–H and O–H groups in total. The molecule has 4 heterocycles. The molecule has 0 radical (unpaired) electrons. The van der Waals surface area contributed by atoms with E-state index in [1.165, 1.54) is 0 Å². The molecule has 9 heteroatoms. The van der Waals surface area contributed by atoms with Crippen LogP contribution in [0.1, 0.15) is 45.5 Å². The Hall–Kier alpha value is -2.62. The minimum Gasteiger partial charge on any atom is -0.372 e. The molecule has 4 aliphatic heterocycles. The normalized spacial score (nSPS) is 30.6. The van der Waals surface area contributed by atoms with Gasteiger partial charge in [0.15, 0.2) is 0 Å². The van der Waals surface area contributed by atoms with Crippen molar-refractivity contribution in [1.82, 2.24) is 20.9 Å². The van der Waals surface area contributed by atoms with Gasteiger partial charge in [0, 0.05) is 45.1 Å². The molecule has 30 heavy (non-hydrogen) atoms. The maximum atomic E-state index is 13.1. The SMILES string of the molecule is O=C1CCC(N2C(=O)c3cccc(CNC[C@]45CNC[C@H]4CCO5)c3C2=O)C(=O)N1. The van der Waals surface area contributed by atoms with E-state index in [1.54, 1.807) is 12.1 Å². The Morgan fingerprint density at radius 3 is 2.87 bits per heavy atom. The predicted octanol–water partition coefficient (Wildman–Crippen LogP) is -0.444. The molecule has 5 rings (SSSR count). The predicted molar refractivity (Wildman–Crippen MR) is 104 cm³/mol. The van der Waals surface area contributed by atoms with Crippen molar-refractivity contribution < 1.29 is 23.9 Å². The molecule has 3 fully saturated rings. The van der Waals surface area contributed by atoms with E-state index < -0.39 is 23.8 Å². The zero-order chi connectivity index (χ0) is 20.9. The van der Waals surface area contributed by atoms with Gasteiger partial charge in [-0.05, 0) is 24.5 Å². The average molecular weight is 412 g/mol. The molecule has 0 saturated carbocycles. The summed E-state index contributed by atoms with van der Waals surface area (Å²) in [6, 6.07) is 4.23. The number of nitrogens with one attached hydrogen (secondary N) is 3. The number of carbonyl (C=O) groups is 4. The van der Waals surface area contributed by atoms with Crippen LogP contribution in [-0.4, -0.2) is 66.4 Å². The van der Waals surface area contributed by atoms with Crippen molar-refractivity contribution in [1.29, 1.82) is 0 Å². The molecule has 4 aliphatic rings. The molecule has 4 amide bonds. The van der Waals surface area contributed by atoms with E-state index in [4.69, 9.17) is 4.74 Å². The molecule has 3 saturated heterocycles. The van der Waals surface area contributed by atoms with E-state index in [-0.39, 0.29) is 24.3 Å². The molecule has 1 aromatic carbocycles. The standard InChI is InChI=1S/C21H24N4O5/c26-16-5-4-15(18(27)24-16)25-19(28)14-3-1-2-12(17(14)20(25)29)8-22-10-21-11-23-9-13(21)6-7-30-21/h1-3,13,15,22-23H,4-11H2,(H,24,26,27)/t13-,15?,21+/m1/s1. The molecule has 158 valence electrons. The Morgan fingerprint density at radius 2 is 2.03 bits per heavy atom. The third-order valence-corrected chi connectivity index (χ3v) is 6.71. The van der Waals surface area contributed by atoms with Crippen LogP contribution < -0.4 is 16.0 Å². The molecule has 3 atom stereocenters. The second kappa shape index (κ2) is 7.26.